The van der Waals surface area contributed by atoms with Crippen molar-refractivity contribution >= 4 is 23.0 Å². The predicted octanol–water partition coefficient (Wildman–Crippen LogP) is 1.53. The largest absolute Gasteiger partial charge is 0.508 e. The number of nitrogens with two attached hydrogens (primary N) is 1. The van der Waals surface area contributed by atoms with Crippen molar-refractivity contribution in [2.45, 2.75) is 19.8 Å². The minimum atomic E-state index is 0.170. The molecular weight excluding hydrogens is 222 g/mol. The molecule has 0 aliphatic carbocycles. The topological polar surface area (TPSA) is 70.6 Å². The number of hydrogen-bond acceptors (Lipinski definition) is 3. The van der Waals surface area contributed by atoms with Crippen molar-refractivity contribution in [3.05, 3.63) is 29.8 Å². The molecule has 16 heavy (non-hydrogen) atoms. The molecule has 0 unspecified atom stereocenters. The molecule has 0 bridgehead atoms. The van der Waals surface area contributed by atoms with Crippen molar-refractivity contribution in [3.63, 3.8) is 0 Å². The first-order valence-corrected chi connectivity index (χ1v) is 5.35. The zero-order chi connectivity index (χ0) is 12.0. The Hall–Kier alpha value is -1.62. The summed E-state index contributed by atoms with van der Waals surface area (Å²) in [5.74, 6) is 0.282. The van der Waals surface area contributed by atoms with Crippen LogP contribution in [0, 0.1) is 0 Å². The third-order valence-electron chi connectivity index (χ3n) is 2.07. The molecule has 0 aliphatic heterocycles. The maximum absolute atomic E-state index is 9.12. The Bertz CT molecular complexity index is 387. The Balaban J connectivity index is 2.42. The van der Waals surface area contributed by atoms with Gasteiger partial charge in [-0.05, 0) is 49.7 Å². The highest BCUT2D eigenvalue weighted by molar-refractivity contribution is 7.80. The van der Waals surface area contributed by atoms with E-state index < -0.39 is 0 Å². The maximum atomic E-state index is 9.12. The zero-order valence-corrected chi connectivity index (χ0v) is 9.92. The first kappa shape index (κ1) is 12.4. The van der Waals surface area contributed by atoms with Gasteiger partial charge in [0, 0.05) is 5.71 Å². The van der Waals surface area contributed by atoms with Gasteiger partial charge in [-0.25, -0.2) is 0 Å². The van der Waals surface area contributed by atoms with Crippen LogP contribution in [0.5, 0.6) is 5.75 Å². The van der Waals surface area contributed by atoms with E-state index in [1.54, 1.807) is 12.1 Å². The molecule has 1 aromatic carbocycles. The van der Waals surface area contributed by atoms with Crippen LogP contribution in [0.2, 0.25) is 0 Å². The van der Waals surface area contributed by atoms with Crippen LogP contribution in [0.15, 0.2) is 29.4 Å². The Morgan fingerprint density at radius 1 is 1.44 bits per heavy atom. The summed E-state index contributed by atoms with van der Waals surface area (Å²) >= 11 is 4.64. The SMILES string of the molecule is C/C(CCc1ccc(O)cc1)=N/NC(N)=S. The number of benzene rings is 1. The van der Waals surface area contributed by atoms with Crippen LogP contribution in [0.4, 0.5) is 0 Å². The Morgan fingerprint density at radius 3 is 2.62 bits per heavy atom. The summed E-state index contributed by atoms with van der Waals surface area (Å²) in [4.78, 5) is 0. The summed E-state index contributed by atoms with van der Waals surface area (Å²) < 4.78 is 0. The minimum absolute atomic E-state index is 0.170. The minimum Gasteiger partial charge on any atom is -0.508 e. The Labute approximate surface area is 100 Å². The molecule has 0 saturated heterocycles. The van der Waals surface area contributed by atoms with Crippen LogP contribution in [0.1, 0.15) is 18.9 Å². The molecule has 5 heteroatoms. The fourth-order valence-electron chi connectivity index (χ4n) is 1.19. The molecule has 86 valence electrons. The number of phenols is 1. The quantitative estimate of drug-likeness (QED) is 0.422. The van der Waals surface area contributed by atoms with Gasteiger partial charge in [0.2, 0.25) is 0 Å². The van der Waals surface area contributed by atoms with Crippen molar-refractivity contribution < 1.29 is 5.11 Å². The molecule has 0 fully saturated rings. The normalized spacial score (nSPS) is 11.2. The standard InChI is InChI=1S/C11H15N3OS/c1-8(13-14-11(12)16)2-3-9-4-6-10(15)7-5-9/h4-7,15H,2-3H2,1H3,(H3,12,14,16)/b13-8-. The fourth-order valence-corrected chi connectivity index (χ4v) is 1.24. The van der Waals surface area contributed by atoms with Crippen LogP contribution in [-0.2, 0) is 6.42 Å². The fraction of sp³-hybridized carbons (Fsp3) is 0.273. The van der Waals surface area contributed by atoms with Gasteiger partial charge in [-0.15, -0.1) is 0 Å². The van der Waals surface area contributed by atoms with Crippen LogP contribution < -0.4 is 11.2 Å². The van der Waals surface area contributed by atoms with Gasteiger partial charge in [0.1, 0.15) is 5.75 Å². The molecule has 4 nitrogen and oxygen atoms in total. The highest BCUT2D eigenvalue weighted by atomic mass is 32.1. The molecule has 0 atom stereocenters. The van der Waals surface area contributed by atoms with Gasteiger partial charge >= 0.3 is 0 Å². The number of nitrogens with zero attached hydrogens (tertiary/aromatic N) is 1. The van der Waals surface area contributed by atoms with E-state index in [9.17, 15) is 0 Å². The molecule has 0 aliphatic rings. The molecule has 0 saturated carbocycles. The van der Waals surface area contributed by atoms with Gasteiger partial charge in [0.15, 0.2) is 5.11 Å². The van der Waals surface area contributed by atoms with E-state index in [0.717, 1.165) is 24.1 Å². The highest BCUT2D eigenvalue weighted by Gasteiger charge is 1.96. The predicted molar refractivity (Wildman–Crippen MR) is 69.5 cm³/mol. The molecule has 0 spiro atoms. The summed E-state index contributed by atoms with van der Waals surface area (Å²) in [6, 6.07) is 7.14. The number of aromatic hydroxyl groups is 1. The maximum Gasteiger partial charge on any atom is 0.184 e. The van der Waals surface area contributed by atoms with Gasteiger partial charge in [0.05, 0.1) is 0 Å². The second-order valence-electron chi connectivity index (χ2n) is 3.49. The van der Waals surface area contributed by atoms with Crippen LogP contribution in [0.25, 0.3) is 0 Å². The van der Waals surface area contributed by atoms with E-state index in [0.29, 0.717) is 0 Å². The summed E-state index contributed by atoms with van der Waals surface area (Å²) in [5, 5.41) is 13.3. The lowest BCUT2D eigenvalue weighted by molar-refractivity contribution is 0.475. The number of hydrazone groups is 1. The lowest BCUT2D eigenvalue weighted by Gasteiger charge is -2.02. The lowest BCUT2D eigenvalue weighted by atomic mass is 10.1. The van der Waals surface area contributed by atoms with Gasteiger partial charge < -0.3 is 10.8 Å². The zero-order valence-electron chi connectivity index (χ0n) is 9.10. The average Bonchev–Trinajstić information content (AvgIpc) is 2.25. The molecule has 0 heterocycles. The highest BCUT2D eigenvalue weighted by Crippen LogP contribution is 2.11. The van der Waals surface area contributed by atoms with Crippen LogP contribution in [0.3, 0.4) is 0 Å². The Morgan fingerprint density at radius 2 is 2.06 bits per heavy atom. The average molecular weight is 237 g/mol. The van der Waals surface area contributed by atoms with Gasteiger partial charge in [0.25, 0.3) is 0 Å². The van der Waals surface area contributed by atoms with Crippen molar-refractivity contribution in [1.29, 1.82) is 0 Å². The number of rotatable bonds is 4. The van der Waals surface area contributed by atoms with E-state index in [2.05, 4.69) is 22.7 Å². The molecule has 1 aromatic rings. The molecule has 0 amide bonds. The second-order valence-corrected chi connectivity index (χ2v) is 3.93. The molecule has 0 aromatic heterocycles. The van der Waals surface area contributed by atoms with Crippen LogP contribution >= 0.6 is 12.2 Å². The summed E-state index contributed by atoms with van der Waals surface area (Å²) in [6.07, 6.45) is 1.69. The van der Waals surface area contributed by atoms with E-state index in [4.69, 9.17) is 10.8 Å². The summed E-state index contributed by atoms with van der Waals surface area (Å²) in [7, 11) is 0. The van der Waals surface area contributed by atoms with Gasteiger partial charge in [-0.1, -0.05) is 12.1 Å². The lowest BCUT2D eigenvalue weighted by Crippen LogP contribution is -2.25. The van der Waals surface area contributed by atoms with E-state index in [-0.39, 0.29) is 10.9 Å². The Kier molecular flexibility index (Phi) is 4.72. The van der Waals surface area contributed by atoms with E-state index >= 15 is 0 Å². The van der Waals surface area contributed by atoms with Crippen molar-refractivity contribution in [2.24, 2.45) is 10.8 Å². The first-order valence-electron chi connectivity index (χ1n) is 4.94. The number of thiocarbonyl (C=S) groups is 1. The van der Waals surface area contributed by atoms with Gasteiger partial charge in [-0.3, -0.25) is 5.43 Å². The van der Waals surface area contributed by atoms with Crippen molar-refractivity contribution in [1.82, 2.24) is 5.43 Å². The van der Waals surface area contributed by atoms with Crippen molar-refractivity contribution in [2.75, 3.05) is 0 Å². The third kappa shape index (κ3) is 4.75. The van der Waals surface area contributed by atoms with E-state index in [1.807, 2.05) is 19.1 Å². The van der Waals surface area contributed by atoms with E-state index in [1.165, 1.54) is 0 Å². The van der Waals surface area contributed by atoms with Crippen molar-refractivity contribution in [3.8, 4) is 5.75 Å². The molecule has 4 N–H and O–H groups in total. The molecule has 0 radical (unpaired) electrons. The monoisotopic (exact) mass is 237 g/mol. The number of phenolic OH excluding ortho intramolecular Hbond substituents is 1. The second kappa shape index (κ2) is 6.07. The molecule has 1 rings (SSSR count). The summed E-state index contributed by atoms with van der Waals surface area (Å²) in [6.45, 7) is 1.91. The number of aryl methyl sites for hydroxylation is 1. The third-order valence-corrected chi connectivity index (χ3v) is 2.16. The smallest absolute Gasteiger partial charge is 0.184 e. The van der Waals surface area contributed by atoms with Crippen LogP contribution in [-0.4, -0.2) is 15.9 Å². The first-order chi connectivity index (χ1) is 7.58. The summed E-state index contributed by atoms with van der Waals surface area (Å²) in [5.41, 5.74) is 9.88. The van der Waals surface area contributed by atoms with Gasteiger partial charge in [-0.2, -0.15) is 5.10 Å². The molecular formula is C11H15N3OS. The number of hydrogen-bond donors (Lipinski definition) is 3. The number of nitrogens with one attached hydrogen (secondary N) is 1.